The van der Waals surface area contributed by atoms with Crippen molar-refractivity contribution >= 4 is 0 Å². The van der Waals surface area contributed by atoms with Crippen LogP contribution in [0.2, 0.25) is 0 Å². The van der Waals surface area contributed by atoms with Crippen molar-refractivity contribution in [3.05, 3.63) is 29.8 Å². The Labute approximate surface area is 102 Å². The molecule has 17 heavy (non-hydrogen) atoms. The molecule has 1 aromatic rings. The van der Waals surface area contributed by atoms with Crippen LogP contribution in [0.4, 0.5) is 0 Å². The van der Waals surface area contributed by atoms with Gasteiger partial charge in [-0.2, -0.15) is 0 Å². The van der Waals surface area contributed by atoms with Gasteiger partial charge >= 0.3 is 0 Å². The molecule has 0 spiro atoms. The minimum absolute atomic E-state index is 0.0226. The van der Waals surface area contributed by atoms with E-state index in [9.17, 15) is 10.2 Å². The molecule has 3 N–H and O–H groups in total. The van der Waals surface area contributed by atoms with E-state index in [0.717, 1.165) is 11.3 Å². The SMILES string of the molecule is COc1cccc(C(C)NC(C)(CO)CO)c1. The molecule has 1 atom stereocenters. The van der Waals surface area contributed by atoms with E-state index in [1.807, 2.05) is 31.2 Å². The molecule has 1 unspecified atom stereocenters. The summed E-state index contributed by atoms with van der Waals surface area (Å²) < 4.78 is 5.16. The lowest BCUT2D eigenvalue weighted by molar-refractivity contribution is 0.0957. The minimum Gasteiger partial charge on any atom is -0.497 e. The molecule has 0 aromatic heterocycles. The number of rotatable bonds is 6. The van der Waals surface area contributed by atoms with E-state index in [1.54, 1.807) is 14.0 Å². The fourth-order valence-electron chi connectivity index (χ4n) is 1.66. The van der Waals surface area contributed by atoms with Crippen LogP contribution in [0.1, 0.15) is 25.5 Å². The highest BCUT2D eigenvalue weighted by Crippen LogP contribution is 2.20. The van der Waals surface area contributed by atoms with E-state index in [1.165, 1.54) is 0 Å². The number of aliphatic hydroxyl groups is 2. The van der Waals surface area contributed by atoms with Crippen molar-refractivity contribution in [1.29, 1.82) is 0 Å². The van der Waals surface area contributed by atoms with Crippen LogP contribution in [0, 0.1) is 0 Å². The first kappa shape index (κ1) is 14.0. The summed E-state index contributed by atoms with van der Waals surface area (Å²) in [7, 11) is 1.63. The molecule has 0 bridgehead atoms. The Balaban J connectivity index is 2.78. The van der Waals surface area contributed by atoms with E-state index in [-0.39, 0.29) is 19.3 Å². The Bertz CT molecular complexity index is 350. The lowest BCUT2D eigenvalue weighted by Gasteiger charge is -2.30. The highest BCUT2D eigenvalue weighted by Gasteiger charge is 2.24. The summed E-state index contributed by atoms with van der Waals surface area (Å²) in [6.07, 6.45) is 0. The molecule has 0 saturated carbocycles. The zero-order valence-corrected chi connectivity index (χ0v) is 10.6. The van der Waals surface area contributed by atoms with Gasteiger partial charge in [0.2, 0.25) is 0 Å². The van der Waals surface area contributed by atoms with E-state index in [4.69, 9.17) is 4.74 Å². The number of hydrogen-bond acceptors (Lipinski definition) is 4. The fraction of sp³-hybridized carbons (Fsp3) is 0.538. The van der Waals surface area contributed by atoms with Crippen LogP contribution >= 0.6 is 0 Å². The van der Waals surface area contributed by atoms with E-state index < -0.39 is 5.54 Å². The lowest BCUT2D eigenvalue weighted by Crippen LogP contribution is -2.49. The third-order valence-electron chi connectivity index (χ3n) is 2.86. The van der Waals surface area contributed by atoms with Crippen molar-refractivity contribution in [1.82, 2.24) is 5.32 Å². The van der Waals surface area contributed by atoms with Crippen LogP contribution in [-0.4, -0.2) is 36.1 Å². The van der Waals surface area contributed by atoms with Crippen LogP contribution < -0.4 is 10.1 Å². The topological polar surface area (TPSA) is 61.7 Å². The van der Waals surface area contributed by atoms with Crippen molar-refractivity contribution < 1.29 is 14.9 Å². The molecule has 4 heteroatoms. The molecule has 96 valence electrons. The van der Waals surface area contributed by atoms with Gasteiger partial charge in [0.1, 0.15) is 5.75 Å². The van der Waals surface area contributed by atoms with Crippen LogP contribution in [0.3, 0.4) is 0 Å². The molecule has 1 aromatic carbocycles. The number of benzene rings is 1. The maximum Gasteiger partial charge on any atom is 0.119 e. The Morgan fingerprint density at radius 3 is 2.53 bits per heavy atom. The average Bonchev–Trinajstić information content (AvgIpc) is 2.38. The number of nitrogens with one attached hydrogen (secondary N) is 1. The van der Waals surface area contributed by atoms with E-state index in [2.05, 4.69) is 5.32 Å². The lowest BCUT2D eigenvalue weighted by atomic mass is 10.0. The highest BCUT2D eigenvalue weighted by atomic mass is 16.5. The molecule has 0 aliphatic rings. The third-order valence-corrected chi connectivity index (χ3v) is 2.86. The van der Waals surface area contributed by atoms with Gasteiger partial charge < -0.3 is 20.3 Å². The molecule has 0 aliphatic heterocycles. The molecule has 0 fully saturated rings. The van der Waals surface area contributed by atoms with Crippen molar-refractivity contribution in [3.8, 4) is 5.75 Å². The Morgan fingerprint density at radius 2 is 2.00 bits per heavy atom. The summed E-state index contributed by atoms with van der Waals surface area (Å²) in [6, 6.07) is 7.74. The molecule has 1 rings (SSSR count). The van der Waals surface area contributed by atoms with Gasteiger partial charge in [0.15, 0.2) is 0 Å². The quantitative estimate of drug-likeness (QED) is 0.695. The fourth-order valence-corrected chi connectivity index (χ4v) is 1.66. The van der Waals surface area contributed by atoms with Crippen LogP contribution in [0.25, 0.3) is 0 Å². The predicted octanol–water partition coefficient (Wildman–Crippen LogP) is 1.09. The van der Waals surface area contributed by atoms with E-state index >= 15 is 0 Å². The maximum absolute atomic E-state index is 9.23. The molecule has 4 nitrogen and oxygen atoms in total. The molecule has 0 heterocycles. The Morgan fingerprint density at radius 1 is 1.35 bits per heavy atom. The summed E-state index contributed by atoms with van der Waals surface area (Å²) >= 11 is 0. The van der Waals surface area contributed by atoms with Crippen LogP contribution in [0.15, 0.2) is 24.3 Å². The first-order chi connectivity index (χ1) is 8.04. The number of hydrogen-bond donors (Lipinski definition) is 3. The molecule has 0 saturated heterocycles. The van der Waals surface area contributed by atoms with Gasteiger partial charge in [0, 0.05) is 6.04 Å². The smallest absolute Gasteiger partial charge is 0.119 e. The van der Waals surface area contributed by atoms with Crippen molar-refractivity contribution in [2.24, 2.45) is 0 Å². The van der Waals surface area contributed by atoms with Crippen molar-refractivity contribution in [2.45, 2.75) is 25.4 Å². The largest absolute Gasteiger partial charge is 0.497 e. The van der Waals surface area contributed by atoms with Gasteiger partial charge in [-0.15, -0.1) is 0 Å². The Hall–Kier alpha value is -1.10. The minimum atomic E-state index is -0.678. The van der Waals surface area contributed by atoms with Gasteiger partial charge in [-0.1, -0.05) is 12.1 Å². The van der Waals surface area contributed by atoms with Crippen LogP contribution in [0.5, 0.6) is 5.75 Å². The highest BCUT2D eigenvalue weighted by molar-refractivity contribution is 5.30. The zero-order valence-electron chi connectivity index (χ0n) is 10.6. The summed E-state index contributed by atoms with van der Waals surface area (Å²) in [5.41, 5.74) is 0.375. The van der Waals surface area contributed by atoms with Crippen LogP contribution in [-0.2, 0) is 0 Å². The second-order valence-corrected chi connectivity index (χ2v) is 4.52. The van der Waals surface area contributed by atoms with Gasteiger partial charge in [0.25, 0.3) is 0 Å². The zero-order chi connectivity index (χ0) is 12.9. The van der Waals surface area contributed by atoms with Gasteiger partial charge in [-0.05, 0) is 31.5 Å². The monoisotopic (exact) mass is 239 g/mol. The number of methoxy groups -OCH3 is 1. The molecular formula is C13H21NO3. The van der Waals surface area contributed by atoms with Gasteiger partial charge in [0.05, 0.1) is 25.9 Å². The normalized spacial score (nSPS) is 13.5. The first-order valence-electron chi connectivity index (χ1n) is 5.68. The average molecular weight is 239 g/mol. The number of aliphatic hydroxyl groups excluding tert-OH is 2. The predicted molar refractivity (Wildman–Crippen MR) is 67.1 cm³/mol. The van der Waals surface area contributed by atoms with Crippen molar-refractivity contribution in [2.75, 3.05) is 20.3 Å². The standard InChI is InChI=1S/C13H21NO3/c1-10(14-13(2,8-15)9-16)11-5-4-6-12(7-11)17-3/h4-7,10,14-16H,8-9H2,1-3H3. The Kier molecular flexibility index (Phi) is 4.93. The summed E-state index contributed by atoms with van der Waals surface area (Å²) in [5, 5.41) is 21.7. The molecule has 0 amide bonds. The maximum atomic E-state index is 9.23. The second kappa shape index (κ2) is 6.00. The summed E-state index contributed by atoms with van der Waals surface area (Å²) in [6.45, 7) is 3.54. The first-order valence-corrected chi connectivity index (χ1v) is 5.68. The molecule has 0 aliphatic carbocycles. The second-order valence-electron chi connectivity index (χ2n) is 4.52. The van der Waals surface area contributed by atoms with Gasteiger partial charge in [-0.25, -0.2) is 0 Å². The van der Waals surface area contributed by atoms with Gasteiger partial charge in [-0.3, -0.25) is 0 Å². The third kappa shape index (κ3) is 3.70. The summed E-state index contributed by atoms with van der Waals surface area (Å²) in [5.74, 6) is 0.797. The number of ether oxygens (including phenoxy) is 1. The molecule has 0 radical (unpaired) electrons. The summed E-state index contributed by atoms with van der Waals surface area (Å²) in [4.78, 5) is 0. The van der Waals surface area contributed by atoms with Crippen molar-refractivity contribution in [3.63, 3.8) is 0 Å². The molecular weight excluding hydrogens is 218 g/mol. The van der Waals surface area contributed by atoms with E-state index in [0.29, 0.717) is 0 Å².